The van der Waals surface area contributed by atoms with Crippen LogP contribution in [0.1, 0.15) is 6.42 Å². The molecule has 12 heavy (non-hydrogen) atoms. The minimum Gasteiger partial charge on any atom is -0.550 e. The van der Waals surface area contributed by atoms with Crippen molar-refractivity contribution in [2.75, 3.05) is 0 Å². The summed E-state index contributed by atoms with van der Waals surface area (Å²) in [6.45, 7) is 0. The van der Waals surface area contributed by atoms with Crippen molar-refractivity contribution in [2.24, 2.45) is 0 Å². The first-order valence-electron chi connectivity index (χ1n) is 2.13. The first-order valence-corrected chi connectivity index (χ1v) is 2.13. The first-order chi connectivity index (χ1) is 4.04. The molecule has 0 aromatic heterocycles. The standard InChI is InChI=1S/C4H6O5.2Na.H2O/c5-2(4(8)9)1-3(6)7;;;/h2,5H,1H2,(H,6,7)(H,8,9);;;1H2/q;2*+1;/p-2/t2-;;;/m1.../s1. The molecule has 0 bridgehead atoms. The number of aliphatic carboxylic acids is 2. The Labute approximate surface area is 113 Å². The summed E-state index contributed by atoms with van der Waals surface area (Å²) in [7, 11) is 0. The third-order valence-corrected chi connectivity index (χ3v) is 0.632. The minimum atomic E-state index is -1.96. The number of rotatable bonds is 3. The van der Waals surface area contributed by atoms with E-state index in [9.17, 15) is 19.8 Å². The number of carboxylic acids is 2. The van der Waals surface area contributed by atoms with E-state index in [2.05, 4.69) is 0 Å². The quantitative estimate of drug-likeness (QED) is 0.447. The van der Waals surface area contributed by atoms with Crippen LogP contribution in [-0.2, 0) is 9.59 Å². The number of carboxylic acid groups (broad SMARTS) is 2. The van der Waals surface area contributed by atoms with Crippen LogP contribution in [0.4, 0.5) is 0 Å². The van der Waals surface area contributed by atoms with Crippen molar-refractivity contribution in [1.29, 1.82) is 0 Å². The average molecular weight is 196 g/mol. The predicted octanol–water partition coefficient (Wildman–Crippen LogP) is -10.6. The Morgan fingerprint density at radius 1 is 1.25 bits per heavy atom. The first kappa shape index (κ1) is 23.0. The Hall–Kier alpha value is 0.860. The second-order valence-corrected chi connectivity index (χ2v) is 1.41. The molecule has 6 nitrogen and oxygen atoms in total. The Kier molecular flexibility index (Phi) is 22.8. The largest absolute Gasteiger partial charge is 1.00 e. The van der Waals surface area contributed by atoms with Gasteiger partial charge >= 0.3 is 59.1 Å². The van der Waals surface area contributed by atoms with Gasteiger partial charge in [0.05, 0.1) is 12.1 Å². The summed E-state index contributed by atoms with van der Waals surface area (Å²) >= 11 is 0. The maximum absolute atomic E-state index is 9.58. The molecule has 0 aliphatic carbocycles. The van der Waals surface area contributed by atoms with E-state index in [4.69, 9.17) is 5.11 Å². The monoisotopic (exact) mass is 196 g/mol. The SMILES string of the molecule is O.O=C([O-])C[C@@H](O)C(=O)[O-].[Na+].[Na+]. The topological polar surface area (TPSA) is 132 Å². The van der Waals surface area contributed by atoms with Gasteiger partial charge in [0.1, 0.15) is 0 Å². The zero-order valence-electron chi connectivity index (χ0n) is 6.86. The summed E-state index contributed by atoms with van der Waals surface area (Å²) in [4.78, 5) is 19.1. The molecule has 0 radical (unpaired) electrons. The summed E-state index contributed by atoms with van der Waals surface area (Å²) in [6.07, 6.45) is -2.89. The van der Waals surface area contributed by atoms with Gasteiger partial charge in [0, 0.05) is 12.4 Å². The molecule has 0 rings (SSSR count). The van der Waals surface area contributed by atoms with Gasteiger partial charge in [0.25, 0.3) is 0 Å². The van der Waals surface area contributed by atoms with E-state index in [1.54, 1.807) is 0 Å². The van der Waals surface area contributed by atoms with Crippen LogP contribution in [0.5, 0.6) is 0 Å². The van der Waals surface area contributed by atoms with Gasteiger partial charge in [-0.2, -0.15) is 0 Å². The van der Waals surface area contributed by atoms with Crippen molar-refractivity contribution in [3.63, 3.8) is 0 Å². The Balaban J connectivity index is -0.000000107. The summed E-state index contributed by atoms with van der Waals surface area (Å²) in [5, 5.41) is 27.3. The zero-order valence-corrected chi connectivity index (χ0v) is 10.9. The summed E-state index contributed by atoms with van der Waals surface area (Å²) in [6, 6.07) is 0. The number of aliphatic hydroxyl groups is 1. The summed E-state index contributed by atoms with van der Waals surface area (Å²) in [5.41, 5.74) is 0. The van der Waals surface area contributed by atoms with Crippen LogP contribution in [-0.4, -0.2) is 28.6 Å². The Bertz CT molecular complexity index is 138. The Morgan fingerprint density at radius 2 is 1.58 bits per heavy atom. The number of hydrogen-bond donors (Lipinski definition) is 1. The summed E-state index contributed by atoms with van der Waals surface area (Å²) in [5.74, 6) is -3.43. The van der Waals surface area contributed by atoms with E-state index in [0.717, 1.165) is 0 Å². The normalized spacial score (nSPS) is 9.42. The maximum atomic E-state index is 9.58. The smallest absolute Gasteiger partial charge is 0.550 e. The predicted molar refractivity (Wildman–Crippen MR) is 24.3 cm³/mol. The molecule has 0 fully saturated rings. The number of hydrogen-bond acceptors (Lipinski definition) is 5. The molecular formula is C4H6Na2O6. The van der Waals surface area contributed by atoms with Crippen molar-refractivity contribution in [1.82, 2.24) is 0 Å². The molecule has 3 N–H and O–H groups in total. The average Bonchev–Trinajstić information content (AvgIpc) is 1.63. The van der Waals surface area contributed by atoms with E-state index >= 15 is 0 Å². The van der Waals surface area contributed by atoms with Gasteiger partial charge < -0.3 is 30.4 Å². The molecule has 0 unspecified atom stereocenters. The molecule has 0 spiro atoms. The van der Waals surface area contributed by atoms with Gasteiger partial charge in [-0.3, -0.25) is 0 Å². The molecule has 60 valence electrons. The maximum Gasteiger partial charge on any atom is 1.00 e. The molecule has 0 aromatic carbocycles. The van der Waals surface area contributed by atoms with Crippen LogP contribution in [0.25, 0.3) is 0 Å². The fourth-order valence-corrected chi connectivity index (χ4v) is 0.241. The zero-order chi connectivity index (χ0) is 7.44. The van der Waals surface area contributed by atoms with Crippen LogP contribution < -0.4 is 69.3 Å². The van der Waals surface area contributed by atoms with Crippen molar-refractivity contribution < 1.29 is 89.5 Å². The van der Waals surface area contributed by atoms with Crippen LogP contribution in [0.15, 0.2) is 0 Å². The van der Waals surface area contributed by atoms with Gasteiger partial charge in [-0.1, -0.05) is 0 Å². The second kappa shape index (κ2) is 11.9. The second-order valence-electron chi connectivity index (χ2n) is 1.41. The van der Waals surface area contributed by atoms with Gasteiger partial charge in [-0.15, -0.1) is 0 Å². The minimum absolute atomic E-state index is 0. The van der Waals surface area contributed by atoms with Gasteiger partial charge in [-0.25, -0.2) is 0 Å². The number of carbonyl (C=O) groups is 2. The molecule has 8 heteroatoms. The van der Waals surface area contributed by atoms with Crippen LogP contribution in [0.2, 0.25) is 0 Å². The van der Waals surface area contributed by atoms with Crippen molar-refractivity contribution >= 4 is 11.9 Å². The van der Waals surface area contributed by atoms with Gasteiger partial charge in [0.15, 0.2) is 0 Å². The number of carbonyl (C=O) groups excluding carboxylic acids is 2. The fraction of sp³-hybridized carbons (Fsp3) is 0.500. The molecule has 0 aromatic rings. The third kappa shape index (κ3) is 13.4. The van der Waals surface area contributed by atoms with Crippen molar-refractivity contribution in [3.8, 4) is 0 Å². The van der Waals surface area contributed by atoms with Gasteiger partial charge in [-0.05, 0) is 0 Å². The van der Waals surface area contributed by atoms with E-state index in [1.807, 2.05) is 0 Å². The molecule has 0 aliphatic rings. The van der Waals surface area contributed by atoms with E-state index in [0.29, 0.717) is 0 Å². The van der Waals surface area contributed by atoms with E-state index in [-0.39, 0.29) is 64.6 Å². The van der Waals surface area contributed by atoms with Crippen LogP contribution in [0.3, 0.4) is 0 Å². The molecule has 0 amide bonds. The van der Waals surface area contributed by atoms with E-state index < -0.39 is 24.5 Å². The molecule has 1 atom stereocenters. The fourth-order valence-electron chi connectivity index (χ4n) is 0.241. The number of aliphatic hydroxyl groups excluding tert-OH is 1. The molecule has 0 saturated heterocycles. The van der Waals surface area contributed by atoms with E-state index in [1.165, 1.54) is 0 Å². The van der Waals surface area contributed by atoms with Crippen LogP contribution in [0, 0.1) is 0 Å². The van der Waals surface area contributed by atoms with Gasteiger partial charge in [0.2, 0.25) is 0 Å². The van der Waals surface area contributed by atoms with Crippen LogP contribution >= 0.6 is 0 Å². The molecular weight excluding hydrogens is 190 g/mol. The van der Waals surface area contributed by atoms with Crippen molar-refractivity contribution in [2.45, 2.75) is 12.5 Å². The summed E-state index contributed by atoms with van der Waals surface area (Å²) < 4.78 is 0. The molecule has 0 saturated carbocycles. The van der Waals surface area contributed by atoms with Crippen molar-refractivity contribution in [3.05, 3.63) is 0 Å². The molecule has 0 heterocycles. The third-order valence-electron chi connectivity index (χ3n) is 0.632. The Morgan fingerprint density at radius 3 is 1.67 bits per heavy atom. The molecule has 0 aliphatic heterocycles.